The van der Waals surface area contributed by atoms with E-state index >= 15 is 0 Å². The number of primary amides is 1. The Morgan fingerprint density at radius 1 is 1.41 bits per heavy atom. The van der Waals surface area contributed by atoms with Crippen LogP contribution >= 0.6 is 24.0 Å². The van der Waals surface area contributed by atoms with Crippen LogP contribution < -0.4 is 16.4 Å². The van der Waals surface area contributed by atoms with E-state index in [0.29, 0.717) is 18.2 Å². The molecule has 0 aliphatic carbocycles. The number of hydrogen-bond acceptors (Lipinski definition) is 4. The summed E-state index contributed by atoms with van der Waals surface area (Å²) in [6.45, 7) is 1.23. The number of nitrogens with two attached hydrogens (primary N) is 1. The number of halogens is 2. The molecule has 0 heterocycles. The van der Waals surface area contributed by atoms with Crippen LogP contribution in [-0.4, -0.2) is 38.6 Å². The number of hydrogen-bond donors (Lipinski definition) is 3. The third-order valence-corrected chi connectivity index (χ3v) is 3.00. The zero-order valence-corrected chi connectivity index (χ0v) is 13.9. The average Bonchev–Trinajstić information content (AvgIpc) is 2.42. The van der Waals surface area contributed by atoms with E-state index in [1.165, 1.54) is 0 Å². The maximum Gasteiger partial charge on any atom is 0.234 e. The quantitative estimate of drug-likeness (QED) is 0.580. The molecule has 8 heteroatoms. The topological polar surface area (TPSA) is 93.4 Å². The van der Waals surface area contributed by atoms with E-state index in [4.69, 9.17) is 22.1 Å². The molecule has 4 N–H and O–H groups in total. The summed E-state index contributed by atoms with van der Waals surface area (Å²) in [5, 5.41) is 6.23. The van der Waals surface area contributed by atoms with Gasteiger partial charge in [0.1, 0.15) is 0 Å². The van der Waals surface area contributed by atoms with Crippen molar-refractivity contribution in [2.24, 2.45) is 5.73 Å². The van der Waals surface area contributed by atoms with Gasteiger partial charge in [0, 0.05) is 18.7 Å². The standard InChI is InChI=1S/C14H20ClN3O3.ClH/c1-21-6-5-17-9-14(20)18-12(8-13(16)19)10-3-2-4-11(15)7-10;/h2-4,7,12,17H,5-6,8-9H2,1H3,(H2,16,19)(H,18,20);1H/t12-;/m1./s1. The largest absolute Gasteiger partial charge is 0.383 e. The minimum absolute atomic E-state index is 0. The summed E-state index contributed by atoms with van der Waals surface area (Å²) < 4.78 is 4.87. The maximum absolute atomic E-state index is 11.9. The molecule has 0 fully saturated rings. The van der Waals surface area contributed by atoms with E-state index in [2.05, 4.69) is 10.6 Å². The molecular weight excluding hydrogens is 329 g/mol. The van der Waals surface area contributed by atoms with Crippen LogP contribution in [0.3, 0.4) is 0 Å². The molecule has 0 saturated carbocycles. The molecule has 0 aliphatic rings. The first-order valence-electron chi connectivity index (χ1n) is 6.55. The highest BCUT2D eigenvalue weighted by Crippen LogP contribution is 2.20. The molecule has 1 aromatic carbocycles. The lowest BCUT2D eigenvalue weighted by atomic mass is 10.0. The van der Waals surface area contributed by atoms with Gasteiger partial charge in [-0.15, -0.1) is 12.4 Å². The molecule has 0 bridgehead atoms. The van der Waals surface area contributed by atoms with Gasteiger partial charge in [0.15, 0.2) is 0 Å². The Morgan fingerprint density at radius 3 is 2.73 bits per heavy atom. The molecule has 2 amide bonds. The molecule has 124 valence electrons. The lowest BCUT2D eigenvalue weighted by Crippen LogP contribution is -2.38. The molecular formula is C14H21Cl2N3O3. The van der Waals surface area contributed by atoms with Gasteiger partial charge >= 0.3 is 0 Å². The van der Waals surface area contributed by atoms with Crippen LogP contribution in [0.15, 0.2) is 24.3 Å². The SMILES string of the molecule is COCCNCC(=O)N[C@H](CC(N)=O)c1cccc(Cl)c1.Cl. The normalized spacial score (nSPS) is 11.4. The van der Waals surface area contributed by atoms with Crippen molar-refractivity contribution in [1.82, 2.24) is 10.6 Å². The van der Waals surface area contributed by atoms with Crippen LogP contribution in [0.25, 0.3) is 0 Å². The van der Waals surface area contributed by atoms with Gasteiger partial charge in [0.2, 0.25) is 11.8 Å². The second-order valence-electron chi connectivity index (χ2n) is 4.52. The Bertz CT molecular complexity index is 486. The predicted octanol–water partition coefficient (Wildman–Crippen LogP) is 1.03. The first-order chi connectivity index (χ1) is 10.0. The van der Waals surface area contributed by atoms with E-state index < -0.39 is 11.9 Å². The number of benzene rings is 1. The molecule has 1 atom stereocenters. The monoisotopic (exact) mass is 349 g/mol. The first kappa shape index (κ1) is 20.7. The van der Waals surface area contributed by atoms with Crippen molar-refractivity contribution >= 4 is 35.8 Å². The van der Waals surface area contributed by atoms with Gasteiger partial charge in [-0.25, -0.2) is 0 Å². The second-order valence-corrected chi connectivity index (χ2v) is 4.95. The molecule has 0 unspecified atom stereocenters. The van der Waals surface area contributed by atoms with Crippen LogP contribution in [0.1, 0.15) is 18.0 Å². The highest BCUT2D eigenvalue weighted by Gasteiger charge is 2.17. The Balaban J connectivity index is 0.00000441. The van der Waals surface area contributed by atoms with Crippen molar-refractivity contribution in [3.05, 3.63) is 34.9 Å². The zero-order chi connectivity index (χ0) is 15.7. The minimum Gasteiger partial charge on any atom is -0.383 e. The van der Waals surface area contributed by atoms with Crippen molar-refractivity contribution in [1.29, 1.82) is 0 Å². The summed E-state index contributed by atoms with van der Waals surface area (Å²) in [6, 6.07) is 6.49. The summed E-state index contributed by atoms with van der Waals surface area (Å²) in [5.74, 6) is -0.718. The Kier molecular flexibility index (Phi) is 10.6. The molecule has 0 aliphatic heterocycles. The Morgan fingerprint density at radius 2 is 2.14 bits per heavy atom. The molecule has 0 aromatic heterocycles. The highest BCUT2D eigenvalue weighted by atomic mass is 35.5. The van der Waals surface area contributed by atoms with E-state index in [1.807, 2.05) is 0 Å². The number of ether oxygens (including phenoxy) is 1. The third kappa shape index (κ3) is 8.19. The van der Waals surface area contributed by atoms with Gasteiger partial charge < -0.3 is 21.1 Å². The summed E-state index contributed by atoms with van der Waals surface area (Å²) in [5.41, 5.74) is 5.97. The van der Waals surface area contributed by atoms with Gasteiger partial charge in [-0.2, -0.15) is 0 Å². The van der Waals surface area contributed by atoms with E-state index in [0.717, 1.165) is 5.56 Å². The second kappa shape index (κ2) is 11.3. The summed E-state index contributed by atoms with van der Waals surface area (Å²) in [6.07, 6.45) is 0.0180. The van der Waals surface area contributed by atoms with Crippen molar-refractivity contribution in [2.45, 2.75) is 12.5 Å². The van der Waals surface area contributed by atoms with Crippen molar-refractivity contribution in [3.8, 4) is 0 Å². The summed E-state index contributed by atoms with van der Waals surface area (Å²) in [7, 11) is 1.59. The van der Waals surface area contributed by atoms with Gasteiger partial charge in [-0.3, -0.25) is 9.59 Å². The smallest absolute Gasteiger partial charge is 0.234 e. The van der Waals surface area contributed by atoms with Gasteiger partial charge in [0.05, 0.1) is 25.6 Å². The average molecular weight is 350 g/mol. The number of amides is 2. The van der Waals surface area contributed by atoms with Gasteiger partial charge in [0.25, 0.3) is 0 Å². The molecule has 0 saturated heterocycles. The van der Waals surface area contributed by atoms with Crippen LogP contribution in [0.5, 0.6) is 0 Å². The highest BCUT2D eigenvalue weighted by molar-refractivity contribution is 6.30. The number of nitrogens with one attached hydrogen (secondary N) is 2. The molecule has 0 spiro atoms. The summed E-state index contributed by atoms with van der Waals surface area (Å²) in [4.78, 5) is 23.0. The van der Waals surface area contributed by atoms with E-state index in [-0.39, 0.29) is 31.3 Å². The van der Waals surface area contributed by atoms with E-state index in [9.17, 15) is 9.59 Å². The van der Waals surface area contributed by atoms with Crippen LogP contribution in [0.4, 0.5) is 0 Å². The first-order valence-corrected chi connectivity index (χ1v) is 6.93. The van der Waals surface area contributed by atoms with Crippen LogP contribution in [0, 0.1) is 0 Å². The molecule has 1 rings (SSSR count). The van der Waals surface area contributed by atoms with Crippen LogP contribution in [-0.2, 0) is 14.3 Å². The zero-order valence-electron chi connectivity index (χ0n) is 12.3. The fourth-order valence-electron chi connectivity index (χ4n) is 1.80. The number of rotatable bonds is 9. The number of methoxy groups -OCH3 is 1. The van der Waals surface area contributed by atoms with Crippen LogP contribution in [0.2, 0.25) is 5.02 Å². The Labute approximate surface area is 141 Å². The maximum atomic E-state index is 11.9. The molecule has 1 aromatic rings. The molecule has 22 heavy (non-hydrogen) atoms. The molecule has 6 nitrogen and oxygen atoms in total. The number of carbonyl (C=O) groups excluding carboxylic acids is 2. The fraction of sp³-hybridized carbons (Fsp3) is 0.429. The summed E-state index contributed by atoms with van der Waals surface area (Å²) >= 11 is 5.93. The van der Waals surface area contributed by atoms with Crippen molar-refractivity contribution in [3.63, 3.8) is 0 Å². The molecule has 0 radical (unpaired) electrons. The predicted molar refractivity (Wildman–Crippen MR) is 88.1 cm³/mol. The van der Waals surface area contributed by atoms with Gasteiger partial charge in [-0.05, 0) is 17.7 Å². The fourth-order valence-corrected chi connectivity index (χ4v) is 2.00. The number of carbonyl (C=O) groups is 2. The Hall–Kier alpha value is -1.34. The van der Waals surface area contributed by atoms with Crippen molar-refractivity contribution in [2.75, 3.05) is 26.8 Å². The van der Waals surface area contributed by atoms with Crippen molar-refractivity contribution < 1.29 is 14.3 Å². The minimum atomic E-state index is -0.493. The lowest BCUT2D eigenvalue weighted by molar-refractivity contribution is -0.122. The lowest BCUT2D eigenvalue weighted by Gasteiger charge is -2.18. The third-order valence-electron chi connectivity index (χ3n) is 2.76. The van der Waals surface area contributed by atoms with E-state index in [1.54, 1.807) is 31.4 Å². The van der Waals surface area contributed by atoms with Gasteiger partial charge in [-0.1, -0.05) is 23.7 Å².